The number of hydrogen-bond acceptors (Lipinski definition) is 2. The third-order valence-electron chi connectivity index (χ3n) is 3.29. The average molecular weight is 229 g/mol. The molecule has 1 aromatic carbocycles. The summed E-state index contributed by atoms with van der Waals surface area (Å²) in [7, 11) is 0. The van der Waals surface area contributed by atoms with Gasteiger partial charge in [0.05, 0.1) is 17.6 Å². The van der Waals surface area contributed by atoms with E-state index in [9.17, 15) is 0 Å². The van der Waals surface area contributed by atoms with Crippen molar-refractivity contribution in [2.45, 2.75) is 38.8 Å². The lowest BCUT2D eigenvalue weighted by Gasteiger charge is -2.08. The number of benzene rings is 1. The van der Waals surface area contributed by atoms with Crippen molar-refractivity contribution in [2.24, 2.45) is 0 Å². The second-order valence-electron chi connectivity index (χ2n) is 4.79. The quantitative estimate of drug-likeness (QED) is 0.799. The van der Waals surface area contributed by atoms with Crippen molar-refractivity contribution in [3.63, 3.8) is 0 Å². The minimum atomic E-state index is 0.695. The molecule has 0 bridgehead atoms. The first-order valence-corrected chi connectivity index (χ1v) is 6.56. The van der Waals surface area contributed by atoms with Crippen LogP contribution in [0.5, 0.6) is 0 Å². The first kappa shape index (κ1) is 10.8. The molecule has 1 aromatic heterocycles. The Bertz CT molecular complexity index is 511. The molecule has 1 heterocycles. The van der Waals surface area contributed by atoms with E-state index in [0.29, 0.717) is 6.04 Å². The first-order valence-electron chi connectivity index (χ1n) is 6.56. The fourth-order valence-electron chi connectivity index (χ4n) is 2.34. The van der Waals surface area contributed by atoms with Crippen LogP contribution in [0.4, 0.5) is 0 Å². The molecular weight excluding hydrogens is 210 g/mol. The van der Waals surface area contributed by atoms with Gasteiger partial charge in [-0.1, -0.05) is 19.1 Å². The zero-order chi connectivity index (χ0) is 11.7. The van der Waals surface area contributed by atoms with Gasteiger partial charge in [-0.3, -0.25) is 0 Å². The van der Waals surface area contributed by atoms with Crippen molar-refractivity contribution >= 4 is 11.0 Å². The molecule has 3 heteroatoms. The Labute approximate surface area is 102 Å². The summed E-state index contributed by atoms with van der Waals surface area (Å²) < 4.78 is 2.43. The number of aromatic nitrogens is 2. The van der Waals surface area contributed by atoms with Crippen molar-refractivity contribution < 1.29 is 0 Å². The van der Waals surface area contributed by atoms with Gasteiger partial charge in [0.15, 0.2) is 0 Å². The standard InChI is InChI=1S/C14H19N3/c1-2-9-15-10-14-16-12-5-3-4-6-13(12)17(14)11-7-8-11/h3-6,11,15H,2,7-10H2,1H3. The van der Waals surface area contributed by atoms with Crippen LogP contribution in [-0.4, -0.2) is 16.1 Å². The molecule has 3 nitrogen and oxygen atoms in total. The predicted molar refractivity (Wildman–Crippen MR) is 70.0 cm³/mol. The summed E-state index contributed by atoms with van der Waals surface area (Å²) >= 11 is 0. The second kappa shape index (κ2) is 4.49. The summed E-state index contributed by atoms with van der Waals surface area (Å²) in [6, 6.07) is 9.16. The Balaban J connectivity index is 1.95. The third-order valence-corrected chi connectivity index (χ3v) is 3.29. The minimum Gasteiger partial charge on any atom is -0.324 e. The number of nitrogens with zero attached hydrogens (tertiary/aromatic N) is 2. The Morgan fingerprint density at radius 3 is 2.94 bits per heavy atom. The van der Waals surface area contributed by atoms with Gasteiger partial charge >= 0.3 is 0 Å². The molecule has 0 unspecified atom stereocenters. The van der Waals surface area contributed by atoms with E-state index in [0.717, 1.165) is 18.6 Å². The van der Waals surface area contributed by atoms with Crippen molar-refractivity contribution in [1.29, 1.82) is 0 Å². The van der Waals surface area contributed by atoms with Crippen LogP contribution in [0.25, 0.3) is 11.0 Å². The molecule has 90 valence electrons. The summed E-state index contributed by atoms with van der Waals surface area (Å²) in [5.41, 5.74) is 2.43. The maximum atomic E-state index is 4.75. The fourth-order valence-corrected chi connectivity index (χ4v) is 2.34. The normalized spacial score (nSPS) is 15.6. The number of para-hydroxylation sites is 2. The van der Waals surface area contributed by atoms with Gasteiger partial charge in [-0.2, -0.15) is 0 Å². The molecule has 3 rings (SSSR count). The molecule has 1 aliphatic rings. The summed E-state index contributed by atoms with van der Waals surface area (Å²) in [6.45, 7) is 4.14. The lowest BCUT2D eigenvalue weighted by Crippen LogP contribution is -2.17. The minimum absolute atomic E-state index is 0.695. The van der Waals surface area contributed by atoms with Crippen LogP contribution in [-0.2, 0) is 6.54 Å². The average Bonchev–Trinajstić information content (AvgIpc) is 3.11. The number of nitrogens with one attached hydrogen (secondary N) is 1. The summed E-state index contributed by atoms with van der Waals surface area (Å²) in [4.78, 5) is 4.75. The van der Waals surface area contributed by atoms with E-state index < -0.39 is 0 Å². The Morgan fingerprint density at radius 1 is 1.35 bits per heavy atom. The fraction of sp³-hybridized carbons (Fsp3) is 0.500. The summed E-state index contributed by atoms with van der Waals surface area (Å²) in [6.07, 6.45) is 3.78. The van der Waals surface area contributed by atoms with Gasteiger partial charge in [-0.15, -0.1) is 0 Å². The number of hydrogen-bond donors (Lipinski definition) is 1. The highest BCUT2D eigenvalue weighted by Gasteiger charge is 2.27. The van der Waals surface area contributed by atoms with Crippen molar-refractivity contribution in [1.82, 2.24) is 14.9 Å². The second-order valence-corrected chi connectivity index (χ2v) is 4.79. The van der Waals surface area contributed by atoms with Gasteiger partial charge in [0.2, 0.25) is 0 Å². The molecule has 1 aliphatic carbocycles. The van der Waals surface area contributed by atoms with Crippen LogP contribution in [0, 0.1) is 0 Å². The van der Waals surface area contributed by atoms with E-state index in [4.69, 9.17) is 4.98 Å². The smallest absolute Gasteiger partial charge is 0.124 e. The highest BCUT2D eigenvalue weighted by Crippen LogP contribution is 2.38. The molecule has 2 aromatic rings. The number of imidazole rings is 1. The molecule has 17 heavy (non-hydrogen) atoms. The van der Waals surface area contributed by atoms with Crippen LogP contribution in [0.3, 0.4) is 0 Å². The summed E-state index contributed by atoms with van der Waals surface area (Å²) in [5.74, 6) is 1.20. The molecule has 1 N–H and O–H groups in total. The molecule has 1 fully saturated rings. The maximum Gasteiger partial charge on any atom is 0.124 e. The van der Waals surface area contributed by atoms with Crippen LogP contribution < -0.4 is 5.32 Å². The van der Waals surface area contributed by atoms with Gasteiger partial charge < -0.3 is 9.88 Å². The zero-order valence-corrected chi connectivity index (χ0v) is 10.3. The third kappa shape index (κ3) is 2.07. The van der Waals surface area contributed by atoms with Crippen LogP contribution in [0.2, 0.25) is 0 Å². The number of rotatable bonds is 5. The molecule has 0 atom stereocenters. The van der Waals surface area contributed by atoms with E-state index in [1.54, 1.807) is 0 Å². The topological polar surface area (TPSA) is 29.9 Å². The van der Waals surface area contributed by atoms with Crippen molar-refractivity contribution in [3.05, 3.63) is 30.1 Å². The van der Waals surface area contributed by atoms with Crippen molar-refractivity contribution in [2.75, 3.05) is 6.54 Å². The van der Waals surface area contributed by atoms with Crippen LogP contribution in [0.15, 0.2) is 24.3 Å². The number of fused-ring (bicyclic) bond motifs is 1. The zero-order valence-electron chi connectivity index (χ0n) is 10.3. The molecule has 1 saturated carbocycles. The molecule has 0 aliphatic heterocycles. The Morgan fingerprint density at radius 2 is 2.18 bits per heavy atom. The molecular formula is C14H19N3. The van der Waals surface area contributed by atoms with Gasteiger partial charge in [0, 0.05) is 6.04 Å². The SMILES string of the molecule is CCCNCc1nc2ccccc2n1C1CC1. The highest BCUT2D eigenvalue weighted by atomic mass is 15.1. The van der Waals surface area contributed by atoms with Gasteiger partial charge in [0.25, 0.3) is 0 Å². The molecule has 0 saturated heterocycles. The first-order chi connectivity index (χ1) is 8.40. The van der Waals surface area contributed by atoms with Gasteiger partial charge in [-0.05, 0) is 37.9 Å². The maximum absolute atomic E-state index is 4.75. The van der Waals surface area contributed by atoms with Gasteiger partial charge in [0.1, 0.15) is 5.82 Å². The lowest BCUT2D eigenvalue weighted by atomic mass is 10.3. The monoisotopic (exact) mass is 229 g/mol. The van der Waals surface area contributed by atoms with Crippen molar-refractivity contribution in [3.8, 4) is 0 Å². The predicted octanol–water partition coefficient (Wildman–Crippen LogP) is 2.87. The van der Waals surface area contributed by atoms with E-state index in [-0.39, 0.29) is 0 Å². The van der Waals surface area contributed by atoms with Gasteiger partial charge in [-0.25, -0.2) is 4.98 Å². The molecule has 0 amide bonds. The molecule has 0 spiro atoms. The lowest BCUT2D eigenvalue weighted by molar-refractivity contribution is 0.609. The Hall–Kier alpha value is -1.35. The highest BCUT2D eigenvalue weighted by molar-refractivity contribution is 5.76. The van der Waals surface area contributed by atoms with Crippen LogP contribution in [0.1, 0.15) is 38.1 Å². The van der Waals surface area contributed by atoms with E-state index in [1.807, 2.05) is 0 Å². The summed E-state index contributed by atoms with van der Waals surface area (Å²) in [5, 5.41) is 3.45. The van der Waals surface area contributed by atoms with E-state index >= 15 is 0 Å². The molecule has 0 radical (unpaired) electrons. The Kier molecular flexibility index (Phi) is 2.85. The van der Waals surface area contributed by atoms with E-state index in [1.165, 1.54) is 30.6 Å². The van der Waals surface area contributed by atoms with E-state index in [2.05, 4.69) is 41.1 Å². The van der Waals surface area contributed by atoms with Crippen LogP contribution >= 0.6 is 0 Å². The largest absolute Gasteiger partial charge is 0.324 e.